The second-order valence-electron chi connectivity index (χ2n) is 6.27. The molecule has 0 aliphatic rings. The molecule has 0 aliphatic carbocycles. The summed E-state index contributed by atoms with van der Waals surface area (Å²) < 4.78 is 5.72. The van der Waals surface area contributed by atoms with E-state index in [1.807, 2.05) is 36.4 Å². The molecule has 3 aromatic rings. The van der Waals surface area contributed by atoms with Crippen molar-refractivity contribution in [3.63, 3.8) is 0 Å². The van der Waals surface area contributed by atoms with Crippen molar-refractivity contribution in [3.05, 3.63) is 93.9 Å². The third-order valence-corrected chi connectivity index (χ3v) is 4.56. The number of ether oxygens (including phenoxy) is 1. The zero-order valence-corrected chi connectivity index (χ0v) is 22.8. The fourth-order valence-electron chi connectivity index (χ4n) is 2.96. The summed E-state index contributed by atoms with van der Waals surface area (Å²) in [7, 11) is 0. The molecule has 0 unspecified atom stereocenters. The van der Waals surface area contributed by atoms with Crippen molar-refractivity contribution >= 4 is 46.9 Å². The van der Waals surface area contributed by atoms with Crippen LogP contribution in [0.15, 0.2) is 72.8 Å². The van der Waals surface area contributed by atoms with Crippen LogP contribution in [0.1, 0.15) is 11.1 Å². The van der Waals surface area contributed by atoms with Crippen LogP contribution in [0.25, 0.3) is 4.98 Å². The largest absolute Gasteiger partial charge is 2.00 e. The number of anilines is 1. The maximum Gasteiger partial charge on any atom is 2.00 e. The molecule has 32 heavy (non-hydrogen) atoms. The van der Waals surface area contributed by atoms with Crippen LogP contribution in [0.2, 0.25) is 5.02 Å². The predicted molar refractivity (Wildman–Crippen MR) is 117 cm³/mol. The van der Waals surface area contributed by atoms with Gasteiger partial charge in [-0.05, 0) is 17.2 Å². The van der Waals surface area contributed by atoms with Gasteiger partial charge in [-0.25, -0.2) is 0 Å². The molecule has 0 aromatic heterocycles. The van der Waals surface area contributed by atoms with Crippen LogP contribution < -0.4 is 46.9 Å². The zero-order valence-electron chi connectivity index (χ0n) is 17.0. The van der Waals surface area contributed by atoms with Gasteiger partial charge in [-0.3, -0.25) is 0 Å². The Labute approximate surface area is 228 Å². The van der Waals surface area contributed by atoms with Crippen LogP contribution in [0, 0.1) is 5.39 Å². The smallest absolute Gasteiger partial charge is 1.00 e. The molecule has 0 spiro atoms. The SMILES string of the molecule is N#[N+]c1cc(OCCO)c(N(Cc2ccccc2)Cc2ccccc2)cc1Cl.[Cl-].[Cl-].[Cl-].[Sn+2]. The van der Waals surface area contributed by atoms with Crippen molar-refractivity contribution in [2.45, 2.75) is 13.1 Å². The Hall–Kier alpha value is -1.40. The summed E-state index contributed by atoms with van der Waals surface area (Å²) in [5, 5.41) is 18.7. The molecule has 0 amide bonds. The first-order valence-corrected chi connectivity index (χ1v) is 9.34. The van der Waals surface area contributed by atoms with Gasteiger partial charge in [-0.2, -0.15) is 0 Å². The molecular formula is C22H21Cl4N3O2Sn. The normalized spacial score (nSPS) is 9.03. The van der Waals surface area contributed by atoms with Crippen molar-refractivity contribution < 1.29 is 47.1 Å². The Morgan fingerprint density at radius 3 is 1.81 bits per heavy atom. The van der Waals surface area contributed by atoms with E-state index < -0.39 is 0 Å². The van der Waals surface area contributed by atoms with Crippen LogP contribution in [0.5, 0.6) is 5.75 Å². The number of hydrogen-bond donors (Lipinski definition) is 1. The summed E-state index contributed by atoms with van der Waals surface area (Å²) in [6.07, 6.45) is 0. The standard InChI is InChI=1S/C22H21ClN3O2.3ClH.Sn/c23-19-13-21(22(28-12-11-27)14-20(19)25-24)26(15-17-7-3-1-4-8-17)16-18-9-5-2-6-10-18;;;;/h1-10,13-14,27H,11-12,15-16H2;3*1H;/q+1;;;;+2/p-3. The van der Waals surface area contributed by atoms with E-state index >= 15 is 0 Å². The summed E-state index contributed by atoms with van der Waals surface area (Å²) in [6.45, 7) is 1.28. The van der Waals surface area contributed by atoms with Crippen molar-refractivity contribution in [1.29, 1.82) is 5.39 Å². The number of aliphatic hydroxyl groups excluding tert-OH is 1. The maximum atomic E-state index is 9.19. The van der Waals surface area contributed by atoms with Gasteiger partial charge in [0, 0.05) is 13.1 Å². The molecule has 0 fully saturated rings. The molecule has 3 aromatic carbocycles. The van der Waals surface area contributed by atoms with E-state index in [2.05, 4.69) is 34.1 Å². The molecule has 0 saturated heterocycles. The Morgan fingerprint density at radius 2 is 1.38 bits per heavy atom. The van der Waals surface area contributed by atoms with Crippen molar-refractivity contribution in [1.82, 2.24) is 0 Å². The van der Waals surface area contributed by atoms with Gasteiger partial charge in [0.05, 0.1) is 18.4 Å². The quantitative estimate of drug-likeness (QED) is 0.207. The predicted octanol–water partition coefficient (Wildman–Crippen LogP) is -3.97. The van der Waals surface area contributed by atoms with Gasteiger partial charge in [-0.15, -0.1) is 0 Å². The van der Waals surface area contributed by atoms with E-state index in [-0.39, 0.29) is 80.0 Å². The maximum absolute atomic E-state index is 9.19. The summed E-state index contributed by atoms with van der Waals surface area (Å²) in [5.41, 5.74) is 3.26. The molecule has 10 heteroatoms. The molecule has 2 radical (unpaired) electrons. The molecule has 0 aliphatic heterocycles. The molecule has 168 valence electrons. The van der Waals surface area contributed by atoms with E-state index in [0.717, 1.165) is 16.8 Å². The Bertz CT molecular complexity index is 919. The van der Waals surface area contributed by atoms with Crippen LogP contribution >= 0.6 is 11.6 Å². The molecule has 0 heterocycles. The second kappa shape index (κ2) is 17.1. The van der Waals surface area contributed by atoms with Gasteiger partial charge < -0.3 is 52.0 Å². The van der Waals surface area contributed by atoms with Crippen LogP contribution in [0.4, 0.5) is 11.4 Å². The first kappa shape index (κ1) is 32.8. The first-order valence-electron chi connectivity index (χ1n) is 8.96. The topological polar surface area (TPSA) is 60.9 Å². The van der Waals surface area contributed by atoms with Crippen LogP contribution in [-0.4, -0.2) is 42.2 Å². The molecule has 5 nitrogen and oxygen atoms in total. The summed E-state index contributed by atoms with van der Waals surface area (Å²) in [6, 6.07) is 23.5. The number of hydrogen-bond acceptors (Lipinski definition) is 4. The van der Waals surface area contributed by atoms with Gasteiger partial charge in [-0.1, -0.05) is 72.3 Å². The van der Waals surface area contributed by atoms with Crippen LogP contribution in [0.3, 0.4) is 0 Å². The third-order valence-electron chi connectivity index (χ3n) is 4.26. The Balaban J connectivity index is 0. The first-order chi connectivity index (χ1) is 13.7. The molecule has 3 rings (SSSR count). The van der Waals surface area contributed by atoms with Crippen LogP contribution in [-0.2, 0) is 13.1 Å². The fraction of sp³-hybridized carbons (Fsp3) is 0.182. The minimum Gasteiger partial charge on any atom is -1.00 e. The van der Waals surface area contributed by atoms with Crippen molar-refractivity contribution in [2.24, 2.45) is 0 Å². The number of halogens is 4. The Kier molecular flexibility index (Phi) is 17.5. The zero-order chi connectivity index (χ0) is 19.8. The minimum absolute atomic E-state index is 0. The Morgan fingerprint density at radius 1 is 0.875 bits per heavy atom. The number of aliphatic hydroxyl groups is 1. The summed E-state index contributed by atoms with van der Waals surface area (Å²) in [5.74, 6) is 0.498. The number of diazo groups is 1. The van der Waals surface area contributed by atoms with Gasteiger partial charge in [0.2, 0.25) is 5.39 Å². The third kappa shape index (κ3) is 9.22. The van der Waals surface area contributed by atoms with Gasteiger partial charge in [0.1, 0.15) is 11.6 Å². The number of nitrogens with zero attached hydrogens (tertiary/aromatic N) is 3. The van der Waals surface area contributed by atoms with E-state index in [9.17, 15) is 10.5 Å². The summed E-state index contributed by atoms with van der Waals surface area (Å²) in [4.78, 5) is 5.36. The average molecular weight is 620 g/mol. The molecule has 0 bridgehead atoms. The monoisotopic (exact) mass is 619 g/mol. The minimum atomic E-state index is -0.120. The summed E-state index contributed by atoms with van der Waals surface area (Å²) >= 11 is 6.30. The number of benzene rings is 3. The van der Waals surface area contributed by atoms with E-state index in [1.165, 1.54) is 0 Å². The molecule has 1 N–H and O–H groups in total. The molecule has 0 atom stereocenters. The van der Waals surface area contributed by atoms with E-state index in [0.29, 0.717) is 23.9 Å². The van der Waals surface area contributed by atoms with Crippen molar-refractivity contribution in [2.75, 3.05) is 18.1 Å². The average Bonchev–Trinajstić information content (AvgIpc) is 2.73. The number of rotatable bonds is 8. The van der Waals surface area contributed by atoms with Gasteiger partial charge in [0.15, 0.2) is 10.7 Å². The van der Waals surface area contributed by atoms with Crippen molar-refractivity contribution in [3.8, 4) is 5.75 Å². The molecular weight excluding hydrogens is 599 g/mol. The fourth-order valence-corrected chi connectivity index (χ4v) is 3.16. The van der Waals surface area contributed by atoms with Gasteiger partial charge in [0.25, 0.3) is 0 Å². The van der Waals surface area contributed by atoms with E-state index in [4.69, 9.17) is 16.3 Å². The molecule has 0 saturated carbocycles. The second-order valence-corrected chi connectivity index (χ2v) is 6.68. The van der Waals surface area contributed by atoms with Gasteiger partial charge >= 0.3 is 29.6 Å². The van der Waals surface area contributed by atoms with E-state index in [1.54, 1.807) is 12.1 Å².